The van der Waals surface area contributed by atoms with E-state index in [1.807, 2.05) is 30.5 Å². The Morgan fingerprint density at radius 2 is 1.95 bits per heavy atom. The fraction of sp³-hybridized carbons (Fsp3) is 0.400. The average Bonchev–Trinajstić information content (AvgIpc) is 3.28. The van der Waals surface area contributed by atoms with Gasteiger partial charge in [-0.2, -0.15) is 0 Å². The Hall–Kier alpha value is -3.78. The van der Waals surface area contributed by atoms with E-state index in [9.17, 15) is 9.59 Å². The maximum Gasteiger partial charge on any atom is 0.243 e. The Balaban J connectivity index is 1.10. The number of nitrogens with two attached hydrogens (primary N) is 1. The number of nitrogens with one attached hydrogen (secondary N) is 1. The normalized spacial score (nSPS) is 27.1. The highest BCUT2D eigenvalue weighted by Crippen LogP contribution is 2.40. The molecule has 0 saturated carbocycles. The van der Waals surface area contributed by atoms with Gasteiger partial charge in [-0.05, 0) is 43.9 Å². The highest BCUT2D eigenvalue weighted by Gasteiger charge is 2.43. The number of carbonyl (C=O) groups excluding carboxylic acids is 2. The molecule has 196 valence electrons. The SMILES string of the molecule is C[C@H]1[C@@H]2C=CC(=C2N2CCC(N=CC(=CN)c3ccc4ccccc4n3)CC2)CN1C1CCC(=O)NC1=O. The molecular formula is C30H34N6O2. The van der Waals surface area contributed by atoms with E-state index in [-0.39, 0.29) is 35.9 Å². The minimum absolute atomic E-state index is 0.153. The molecule has 1 unspecified atom stereocenters. The number of amides is 2. The molecule has 3 N–H and O–H groups in total. The van der Waals surface area contributed by atoms with Gasteiger partial charge in [-0.1, -0.05) is 36.4 Å². The molecule has 1 aromatic heterocycles. The van der Waals surface area contributed by atoms with Crippen molar-refractivity contribution >= 4 is 34.5 Å². The first kappa shape index (κ1) is 24.6. The van der Waals surface area contributed by atoms with Crippen molar-refractivity contribution in [2.45, 2.75) is 50.7 Å². The maximum atomic E-state index is 12.5. The van der Waals surface area contributed by atoms with Crippen molar-refractivity contribution in [2.24, 2.45) is 16.6 Å². The second-order valence-electron chi connectivity index (χ2n) is 10.7. The van der Waals surface area contributed by atoms with Gasteiger partial charge in [0.25, 0.3) is 0 Å². The number of hydrogen-bond acceptors (Lipinski definition) is 7. The molecule has 1 aromatic carbocycles. The maximum absolute atomic E-state index is 12.5. The number of para-hydroxylation sites is 1. The summed E-state index contributed by atoms with van der Waals surface area (Å²) in [4.78, 5) is 38.6. The lowest BCUT2D eigenvalue weighted by atomic mass is 9.88. The van der Waals surface area contributed by atoms with Gasteiger partial charge in [0.15, 0.2) is 0 Å². The summed E-state index contributed by atoms with van der Waals surface area (Å²) in [5.41, 5.74) is 11.3. The minimum atomic E-state index is -0.233. The highest BCUT2D eigenvalue weighted by atomic mass is 16.2. The van der Waals surface area contributed by atoms with Crippen LogP contribution in [0.15, 0.2) is 71.0 Å². The summed E-state index contributed by atoms with van der Waals surface area (Å²) in [7, 11) is 0. The van der Waals surface area contributed by atoms with Crippen LogP contribution in [0.3, 0.4) is 0 Å². The molecule has 4 heterocycles. The van der Waals surface area contributed by atoms with Crippen LogP contribution in [0.25, 0.3) is 16.5 Å². The third-order valence-corrected chi connectivity index (χ3v) is 8.46. The molecule has 2 fully saturated rings. The van der Waals surface area contributed by atoms with Crippen molar-refractivity contribution in [3.05, 3.63) is 71.7 Å². The number of allylic oxidation sites excluding steroid dienone is 1. The molecule has 3 atom stereocenters. The van der Waals surface area contributed by atoms with Crippen molar-refractivity contribution in [1.82, 2.24) is 20.1 Å². The summed E-state index contributed by atoms with van der Waals surface area (Å²) >= 11 is 0. The number of likely N-dealkylation sites (tertiary alicyclic amines) is 1. The largest absolute Gasteiger partial charge is 0.404 e. The Labute approximate surface area is 223 Å². The lowest BCUT2D eigenvalue weighted by Gasteiger charge is -2.46. The van der Waals surface area contributed by atoms with Crippen molar-refractivity contribution < 1.29 is 9.59 Å². The Kier molecular flexibility index (Phi) is 6.57. The van der Waals surface area contributed by atoms with Crippen LogP contribution < -0.4 is 11.1 Å². The van der Waals surface area contributed by atoms with Crippen molar-refractivity contribution in [3.63, 3.8) is 0 Å². The van der Waals surface area contributed by atoms with Crippen LogP contribution in [0, 0.1) is 5.92 Å². The zero-order valence-corrected chi connectivity index (χ0v) is 21.7. The Morgan fingerprint density at radius 3 is 2.74 bits per heavy atom. The van der Waals surface area contributed by atoms with Crippen molar-refractivity contribution in [3.8, 4) is 0 Å². The molecule has 2 amide bonds. The molecule has 3 aliphatic heterocycles. The molecule has 2 bridgehead atoms. The number of aromatic nitrogens is 1. The number of piperidine rings is 2. The van der Waals surface area contributed by atoms with Crippen LogP contribution in [-0.2, 0) is 9.59 Å². The van der Waals surface area contributed by atoms with E-state index in [1.165, 1.54) is 11.3 Å². The van der Waals surface area contributed by atoms with Gasteiger partial charge < -0.3 is 10.6 Å². The van der Waals surface area contributed by atoms with Gasteiger partial charge in [0.1, 0.15) is 0 Å². The summed E-state index contributed by atoms with van der Waals surface area (Å²) in [6.45, 7) is 4.87. The first-order valence-electron chi connectivity index (χ1n) is 13.6. The molecule has 2 aromatic rings. The highest BCUT2D eigenvalue weighted by molar-refractivity contribution is 6.09. The molecule has 0 radical (unpaired) electrons. The average molecular weight is 511 g/mol. The van der Waals surface area contributed by atoms with E-state index in [4.69, 9.17) is 15.7 Å². The number of benzene rings is 1. The second-order valence-corrected chi connectivity index (χ2v) is 10.7. The smallest absolute Gasteiger partial charge is 0.243 e. The predicted molar refractivity (Wildman–Crippen MR) is 149 cm³/mol. The van der Waals surface area contributed by atoms with Crippen molar-refractivity contribution in [1.29, 1.82) is 0 Å². The number of aliphatic imine (C=N–C) groups is 1. The summed E-state index contributed by atoms with van der Waals surface area (Å²) in [5.74, 6) is -0.0416. The second kappa shape index (κ2) is 10.2. The minimum Gasteiger partial charge on any atom is -0.404 e. The van der Waals surface area contributed by atoms with Crippen LogP contribution in [0.4, 0.5) is 0 Å². The predicted octanol–water partition coefficient (Wildman–Crippen LogP) is 3.02. The Bertz CT molecular complexity index is 1380. The van der Waals surface area contributed by atoms with E-state index in [1.54, 1.807) is 6.20 Å². The topological polar surface area (TPSA) is 104 Å². The summed E-state index contributed by atoms with van der Waals surface area (Å²) < 4.78 is 0. The molecule has 8 heteroatoms. The number of pyridine rings is 1. The van der Waals surface area contributed by atoms with Crippen LogP contribution in [0.2, 0.25) is 0 Å². The quantitative estimate of drug-likeness (QED) is 0.473. The Morgan fingerprint density at radius 1 is 1.13 bits per heavy atom. The van der Waals surface area contributed by atoms with Crippen LogP contribution >= 0.6 is 0 Å². The zero-order valence-electron chi connectivity index (χ0n) is 21.7. The van der Waals surface area contributed by atoms with Gasteiger partial charge >= 0.3 is 0 Å². The van der Waals surface area contributed by atoms with E-state index >= 15 is 0 Å². The van der Waals surface area contributed by atoms with Gasteiger partial charge in [-0.3, -0.25) is 24.8 Å². The third-order valence-electron chi connectivity index (χ3n) is 8.46. The summed E-state index contributed by atoms with van der Waals surface area (Å²) in [5, 5.41) is 3.63. The molecular weight excluding hydrogens is 476 g/mol. The molecule has 6 rings (SSSR count). The lowest BCUT2D eigenvalue weighted by molar-refractivity contribution is -0.138. The first-order chi connectivity index (χ1) is 18.5. The summed E-state index contributed by atoms with van der Waals surface area (Å²) in [6, 6.07) is 12.3. The molecule has 4 aliphatic rings. The van der Waals surface area contributed by atoms with E-state index in [2.05, 4.69) is 46.3 Å². The fourth-order valence-corrected chi connectivity index (χ4v) is 6.35. The van der Waals surface area contributed by atoms with E-state index < -0.39 is 0 Å². The van der Waals surface area contributed by atoms with E-state index in [0.29, 0.717) is 12.8 Å². The van der Waals surface area contributed by atoms with E-state index in [0.717, 1.165) is 54.6 Å². The van der Waals surface area contributed by atoms with Crippen molar-refractivity contribution in [2.75, 3.05) is 19.6 Å². The molecule has 1 aliphatic carbocycles. The third kappa shape index (κ3) is 4.53. The van der Waals surface area contributed by atoms with Gasteiger partial charge in [0.2, 0.25) is 11.8 Å². The van der Waals surface area contributed by atoms with Crippen LogP contribution in [0.1, 0.15) is 38.3 Å². The van der Waals surface area contributed by atoms with Crippen LogP contribution in [-0.4, -0.2) is 70.6 Å². The van der Waals surface area contributed by atoms with Gasteiger partial charge in [-0.15, -0.1) is 0 Å². The summed E-state index contributed by atoms with van der Waals surface area (Å²) in [6.07, 6.45) is 11.0. The van der Waals surface area contributed by atoms with Gasteiger partial charge in [-0.25, -0.2) is 4.98 Å². The van der Waals surface area contributed by atoms with Gasteiger partial charge in [0.05, 0.1) is 23.3 Å². The fourth-order valence-electron chi connectivity index (χ4n) is 6.35. The number of hydrogen-bond donors (Lipinski definition) is 2. The zero-order chi connectivity index (χ0) is 26.2. The number of carbonyl (C=O) groups is 2. The van der Waals surface area contributed by atoms with Gasteiger partial charge in [0, 0.05) is 67.1 Å². The number of rotatable bonds is 5. The molecule has 8 nitrogen and oxygen atoms in total. The lowest BCUT2D eigenvalue weighted by Crippen LogP contribution is -2.58. The number of nitrogens with zero attached hydrogens (tertiary/aromatic N) is 4. The number of imide groups is 1. The first-order valence-corrected chi connectivity index (χ1v) is 13.6. The van der Waals surface area contributed by atoms with Crippen LogP contribution in [0.5, 0.6) is 0 Å². The molecule has 2 saturated heterocycles. The number of fused-ring (bicyclic) bond motifs is 2. The molecule has 38 heavy (non-hydrogen) atoms. The molecule has 0 spiro atoms. The monoisotopic (exact) mass is 510 g/mol. The standard InChI is InChI=1S/C30H34N6O2/c1-19-24-8-6-21(18-36(19)27-10-11-28(37)34-30(27)38)29(24)35-14-12-23(13-15-35)32-17-22(16-31)26-9-7-20-4-2-3-5-25(20)33-26/h2-9,16-17,19,23-24,27H,10-15,18,31H2,1H3,(H,34,37,38)/t19-,24-,27?/m0/s1.